The van der Waals surface area contributed by atoms with Crippen molar-refractivity contribution >= 4 is 33.2 Å². The normalized spacial score (nSPS) is 14.4. The molecule has 0 saturated heterocycles. The molecule has 1 aliphatic carbocycles. The summed E-state index contributed by atoms with van der Waals surface area (Å²) in [5.74, 6) is -0.978. The number of hydrogen-bond donors (Lipinski definition) is 2. The predicted molar refractivity (Wildman–Crippen MR) is 123 cm³/mol. The second-order valence-electron chi connectivity index (χ2n) is 7.04. The first-order chi connectivity index (χ1) is 15.8. The fourth-order valence-electron chi connectivity index (χ4n) is 3.34. The lowest BCUT2D eigenvalue weighted by molar-refractivity contribution is 0.0696. The molecule has 0 spiro atoms. The van der Waals surface area contributed by atoms with Crippen LogP contribution in [-0.2, 0) is 10.0 Å². The quantitative estimate of drug-likeness (QED) is 0.572. The molecule has 0 aromatic heterocycles. The third kappa shape index (κ3) is 4.39. The topological polar surface area (TPSA) is 122 Å². The van der Waals surface area contributed by atoms with Gasteiger partial charge in [-0.15, -0.1) is 0 Å². The summed E-state index contributed by atoms with van der Waals surface area (Å²) in [4.78, 5) is 24.0. The molecule has 3 aromatic carbocycles. The van der Waals surface area contributed by atoms with Gasteiger partial charge in [0.05, 0.1) is 34.7 Å². The summed E-state index contributed by atoms with van der Waals surface area (Å²) < 4.78 is 35.2. The average molecular weight is 462 g/mol. The molecule has 166 valence electrons. The Kier molecular flexibility index (Phi) is 5.80. The largest absolute Gasteiger partial charge is 0.495 e. The number of nitrogens with one attached hydrogen (secondary N) is 1. The van der Waals surface area contributed by atoms with Gasteiger partial charge in [0.25, 0.3) is 10.0 Å². The van der Waals surface area contributed by atoms with Gasteiger partial charge >= 0.3 is 5.97 Å². The fraction of sp³-hybridized carbons (Fsp3) is 0.0417. The minimum absolute atomic E-state index is 0.0431. The SMILES string of the molecule is COc1ccccc1NC1=C/C(=N/S(=O)(=O)c2ccc(C(=O)O)cc2)c2ccccc2C1=O. The molecule has 0 amide bonds. The molecule has 8 nitrogen and oxygen atoms in total. The summed E-state index contributed by atoms with van der Waals surface area (Å²) in [6, 6.07) is 18.3. The second kappa shape index (κ2) is 8.71. The number of ether oxygens (including phenoxy) is 1. The molecule has 0 bridgehead atoms. The molecule has 0 unspecified atom stereocenters. The number of carbonyl (C=O) groups excluding carboxylic acids is 1. The van der Waals surface area contributed by atoms with Crippen molar-refractivity contribution in [1.82, 2.24) is 0 Å². The number of carboxylic acid groups (broad SMARTS) is 1. The molecule has 33 heavy (non-hydrogen) atoms. The van der Waals surface area contributed by atoms with Crippen LogP contribution in [-0.4, -0.2) is 38.1 Å². The minimum Gasteiger partial charge on any atom is -0.495 e. The summed E-state index contributed by atoms with van der Waals surface area (Å²) in [7, 11) is -2.68. The smallest absolute Gasteiger partial charge is 0.335 e. The third-order valence-corrected chi connectivity index (χ3v) is 6.27. The van der Waals surface area contributed by atoms with Crippen molar-refractivity contribution in [2.24, 2.45) is 4.40 Å². The van der Waals surface area contributed by atoms with E-state index in [1.165, 1.54) is 37.5 Å². The Morgan fingerprint density at radius 3 is 2.24 bits per heavy atom. The van der Waals surface area contributed by atoms with E-state index in [0.29, 0.717) is 22.6 Å². The van der Waals surface area contributed by atoms with Crippen molar-refractivity contribution < 1.29 is 27.9 Å². The Morgan fingerprint density at radius 1 is 0.939 bits per heavy atom. The van der Waals surface area contributed by atoms with Crippen molar-refractivity contribution in [3.8, 4) is 5.75 Å². The van der Waals surface area contributed by atoms with E-state index in [9.17, 15) is 18.0 Å². The lowest BCUT2D eigenvalue weighted by Crippen LogP contribution is -2.22. The van der Waals surface area contributed by atoms with Crippen LogP contribution in [0, 0.1) is 0 Å². The number of carbonyl (C=O) groups is 2. The number of rotatable bonds is 6. The summed E-state index contributed by atoms with van der Waals surface area (Å²) in [5.41, 5.74) is 1.37. The molecule has 1 aliphatic rings. The second-order valence-corrected chi connectivity index (χ2v) is 8.64. The first-order valence-electron chi connectivity index (χ1n) is 9.74. The van der Waals surface area contributed by atoms with Crippen LogP contribution in [0.1, 0.15) is 26.3 Å². The lowest BCUT2D eigenvalue weighted by atomic mass is 9.92. The number of anilines is 1. The van der Waals surface area contributed by atoms with Crippen molar-refractivity contribution in [3.63, 3.8) is 0 Å². The maximum atomic E-state index is 13.1. The van der Waals surface area contributed by atoms with E-state index in [2.05, 4.69) is 9.71 Å². The van der Waals surface area contributed by atoms with Crippen molar-refractivity contribution in [3.05, 3.63) is 101 Å². The van der Waals surface area contributed by atoms with Gasteiger partial charge in [0.1, 0.15) is 5.75 Å². The number of hydrogen-bond acceptors (Lipinski definition) is 6. The molecule has 0 aliphatic heterocycles. The zero-order valence-electron chi connectivity index (χ0n) is 17.3. The highest BCUT2D eigenvalue weighted by Crippen LogP contribution is 2.29. The van der Waals surface area contributed by atoms with Gasteiger partial charge in [-0.3, -0.25) is 4.79 Å². The summed E-state index contributed by atoms with van der Waals surface area (Å²) in [6.07, 6.45) is 1.38. The maximum absolute atomic E-state index is 13.1. The number of fused-ring (bicyclic) bond motifs is 1. The number of aromatic carboxylic acids is 1. The van der Waals surface area contributed by atoms with Gasteiger partial charge in [-0.05, 0) is 42.5 Å². The first-order valence-corrected chi connectivity index (χ1v) is 11.2. The van der Waals surface area contributed by atoms with E-state index in [1.807, 2.05) is 0 Å². The van der Waals surface area contributed by atoms with Crippen LogP contribution in [0.2, 0.25) is 0 Å². The van der Waals surface area contributed by atoms with Gasteiger partial charge in [0, 0.05) is 11.1 Å². The number of sulfonamides is 1. The highest BCUT2D eigenvalue weighted by atomic mass is 32.2. The van der Waals surface area contributed by atoms with E-state index in [-0.39, 0.29) is 27.7 Å². The molecule has 0 fully saturated rings. The number of nitrogens with zero attached hydrogens (tertiary/aromatic N) is 1. The van der Waals surface area contributed by atoms with Gasteiger partial charge in [-0.1, -0.05) is 36.4 Å². The number of carboxylic acids is 1. The number of Topliss-reactive ketones (excluding diaryl/α,β-unsaturated/α-hetero) is 1. The van der Waals surface area contributed by atoms with Gasteiger partial charge in [-0.25, -0.2) is 4.79 Å². The zero-order chi connectivity index (χ0) is 23.6. The lowest BCUT2D eigenvalue weighted by Gasteiger charge is -2.19. The number of methoxy groups -OCH3 is 1. The average Bonchev–Trinajstić information content (AvgIpc) is 2.82. The van der Waals surface area contributed by atoms with E-state index < -0.39 is 16.0 Å². The molecule has 0 atom stereocenters. The third-order valence-electron chi connectivity index (χ3n) is 4.97. The van der Waals surface area contributed by atoms with E-state index in [4.69, 9.17) is 9.84 Å². The van der Waals surface area contributed by atoms with Crippen molar-refractivity contribution in [2.75, 3.05) is 12.4 Å². The number of benzene rings is 3. The maximum Gasteiger partial charge on any atom is 0.335 e. The molecule has 3 aromatic rings. The number of allylic oxidation sites excluding steroid dienone is 2. The number of ketones is 1. The molecule has 0 heterocycles. The van der Waals surface area contributed by atoms with Gasteiger partial charge in [0.2, 0.25) is 5.78 Å². The van der Waals surface area contributed by atoms with Crippen LogP contribution in [0.4, 0.5) is 5.69 Å². The van der Waals surface area contributed by atoms with Crippen LogP contribution in [0.15, 0.2) is 93.9 Å². The highest BCUT2D eigenvalue weighted by Gasteiger charge is 2.26. The van der Waals surface area contributed by atoms with E-state index in [0.717, 1.165) is 0 Å². The Bertz CT molecular complexity index is 1420. The molecular weight excluding hydrogens is 444 g/mol. The Hall–Kier alpha value is -4.24. The van der Waals surface area contributed by atoms with Crippen LogP contribution in [0.25, 0.3) is 0 Å². The minimum atomic E-state index is -4.18. The summed E-state index contributed by atoms with van der Waals surface area (Å²) in [5, 5.41) is 12.0. The molecule has 0 radical (unpaired) electrons. The Morgan fingerprint density at radius 2 is 1.58 bits per heavy atom. The monoisotopic (exact) mass is 462 g/mol. The van der Waals surface area contributed by atoms with Crippen molar-refractivity contribution in [1.29, 1.82) is 0 Å². The Labute approximate surface area is 189 Å². The van der Waals surface area contributed by atoms with Crippen LogP contribution in [0.5, 0.6) is 5.75 Å². The highest BCUT2D eigenvalue weighted by molar-refractivity contribution is 7.90. The first kappa shape index (κ1) is 22.0. The molecule has 9 heteroatoms. The van der Waals surface area contributed by atoms with Crippen LogP contribution < -0.4 is 10.1 Å². The van der Waals surface area contributed by atoms with Crippen LogP contribution >= 0.6 is 0 Å². The van der Waals surface area contributed by atoms with E-state index in [1.54, 1.807) is 48.5 Å². The Balaban J connectivity index is 1.80. The molecule has 0 saturated carbocycles. The predicted octanol–water partition coefficient (Wildman–Crippen LogP) is 3.76. The van der Waals surface area contributed by atoms with Gasteiger partial charge in [-0.2, -0.15) is 12.8 Å². The van der Waals surface area contributed by atoms with Crippen LogP contribution in [0.3, 0.4) is 0 Å². The number of para-hydroxylation sites is 2. The van der Waals surface area contributed by atoms with Crippen molar-refractivity contribution in [2.45, 2.75) is 4.90 Å². The summed E-state index contributed by atoms with van der Waals surface area (Å²) >= 11 is 0. The molecule has 2 N–H and O–H groups in total. The summed E-state index contributed by atoms with van der Waals surface area (Å²) in [6.45, 7) is 0. The van der Waals surface area contributed by atoms with Gasteiger partial charge in [0.15, 0.2) is 0 Å². The van der Waals surface area contributed by atoms with E-state index >= 15 is 0 Å². The fourth-order valence-corrected chi connectivity index (χ4v) is 4.34. The molecular formula is C24H18N2O6S. The molecule has 4 rings (SSSR count). The van der Waals surface area contributed by atoms with Gasteiger partial charge < -0.3 is 15.2 Å². The zero-order valence-corrected chi connectivity index (χ0v) is 18.2. The standard InChI is InChI=1S/C24H18N2O6S/c1-32-22-9-5-4-8-19(22)25-21-14-20(17-6-2-3-7-18(17)23(21)27)26-33(30,31)16-12-10-15(11-13-16)24(28)29/h2-14,25H,1H3,(H,28,29)/b26-20-.